The van der Waals surface area contributed by atoms with Crippen LogP contribution in [0.3, 0.4) is 0 Å². The number of amidine groups is 1. The number of hydrogen-bond donors (Lipinski definition) is 2. The molecular weight excluding hydrogens is 190 g/mol. The van der Waals surface area contributed by atoms with Gasteiger partial charge in [0.25, 0.3) is 0 Å². The van der Waals surface area contributed by atoms with E-state index in [1.165, 1.54) is 0 Å². The maximum absolute atomic E-state index is 9.74. The van der Waals surface area contributed by atoms with Crippen molar-refractivity contribution in [3.63, 3.8) is 0 Å². The molecule has 15 heavy (non-hydrogen) atoms. The number of benzene rings is 1. The van der Waals surface area contributed by atoms with Crippen LogP contribution in [0.25, 0.3) is 0 Å². The van der Waals surface area contributed by atoms with Gasteiger partial charge in [0, 0.05) is 0 Å². The quantitative estimate of drug-likeness (QED) is 0.717. The Morgan fingerprint density at radius 1 is 1.33 bits per heavy atom. The molecule has 1 aromatic rings. The molecule has 0 saturated carbocycles. The van der Waals surface area contributed by atoms with Crippen LogP contribution in [0.4, 0.5) is 0 Å². The number of aliphatic hydroxyl groups excluding tert-OH is 1. The van der Waals surface area contributed by atoms with Gasteiger partial charge >= 0.3 is 0 Å². The van der Waals surface area contributed by atoms with Crippen LogP contribution in [0.5, 0.6) is 0 Å². The highest BCUT2D eigenvalue weighted by Crippen LogP contribution is 2.31. The molecule has 1 heterocycles. The van der Waals surface area contributed by atoms with E-state index in [0.717, 1.165) is 5.56 Å². The number of aliphatic imine (C=N–C) groups is 1. The van der Waals surface area contributed by atoms with Crippen molar-refractivity contribution in [1.82, 2.24) is 0 Å². The summed E-state index contributed by atoms with van der Waals surface area (Å²) in [5.74, 6) is 0.0325. The average Bonchev–Trinajstić information content (AvgIpc) is 2.55. The molecule has 74 valence electrons. The Balaban J connectivity index is 2.45. The first-order valence-electron chi connectivity index (χ1n) is 4.46. The lowest BCUT2D eigenvalue weighted by Crippen LogP contribution is -2.10. The second kappa shape index (κ2) is 3.46. The lowest BCUT2D eigenvalue weighted by Gasteiger charge is -2.06. The van der Waals surface area contributed by atoms with E-state index in [4.69, 9.17) is 11.0 Å². The molecule has 1 aromatic carbocycles. The molecular formula is C11H9N3O. The summed E-state index contributed by atoms with van der Waals surface area (Å²) in [4.78, 5) is 4.04. The molecule has 0 unspecified atom stereocenters. The minimum absolute atomic E-state index is 0.0683. The molecule has 4 nitrogen and oxygen atoms in total. The fraction of sp³-hybridized carbons (Fsp3) is 0.0909. The number of hydrogen-bond acceptors (Lipinski definition) is 4. The molecule has 0 saturated heterocycles. The summed E-state index contributed by atoms with van der Waals surface area (Å²) in [6.07, 6.45) is 0. The Bertz CT molecular complexity index is 482. The Kier molecular flexibility index (Phi) is 2.14. The summed E-state index contributed by atoms with van der Waals surface area (Å²) < 4.78 is 0. The van der Waals surface area contributed by atoms with E-state index >= 15 is 0 Å². The van der Waals surface area contributed by atoms with Crippen LogP contribution in [0.1, 0.15) is 11.6 Å². The molecule has 0 spiro atoms. The van der Waals surface area contributed by atoms with Crippen LogP contribution >= 0.6 is 0 Å². The Hall–Kier alpha value is -2.28. The topological polar surface area (TPSA) is 82.4 Å². The normalized spacial score (nSPS) is 19.9. The zero-order chi connectivity index (χ0) is 10.8. The van der Waals surface area contributed by atoms with E-state index in [1.54, 1.807) is 0 Å². The zero-order valence-electron chi connectivity index (χ0n) is 7.88. The third kappa shape index (κ3) is 1.44. The molecule has 0 aliphatic carbocycles. The van der Waals surface area contributed by atoms with Gasteiger partial charge in [-0.1, -0.05) is 30.3 Å². The summed E-state index contributed by atoms with van der Waals surface area (Å²) >= 11 is 0. The van der Waals surface area contributed by atoms with Crippen LogP contribution in [0.2, 0.25) is 0 Å². The SMILES string of the molecule is N#CC1=C(O)[C@H](c2ccccc2)N=C1N. The first kappa shape index (κ1) is 9.28. The van der Waals surface area contributed by atoms with Gasteiger partial charge in [0.1, 0.15) is 29.3 Å². The van der Waals surface area contributed by atoms with Crippen LogP contribution in [-0.2, 0) is 0 Å². The molecule has 0 fully saturated rings. The predicted octanol–water partition coefficient (Wildman–Crippen LogP) is 1.43. The van der Waals surface area contributed by atoms with E-state index in [-0.39, 0.29) is 17.2 Å². The highest BCUT2D eigenvalue weighted by atomic mass is 16.3. The minimum atomic E-state index is -0.527. The molecule has 0 radical (unpaired) electrons. The van der Waals surface area contributed by atoms with E-state index in [1.807, 2.05) is 36.4 Å². The lowest BCUT2D eigenvalue weighted by molar-refractivity contribution is 0.374. The molecule has 0 aromatic heterocycles. The zero-order valence-corrected chi connectivity index (χ0v) is 7.88. The number of rotatable bonds is 1. The van der Waals surface area contributed by atoms with Gasteiger partial charge in [-0.25, -0.2) is 0 Å². The van der Waals surface area contributed by atoms with Gasteiger partial charge in [-0.05, 0) is 5.56 Å². The molecule has 4 heteroatoms. The number of nitriles is 1. The largest absolute Gasteiger partial charge is 0.508 e. The average molecular weight is 199 g/mol. The van der Waals surface area contributed by atoms with Gasteiger partial charge in [-0.15, -0.1) is 0 Å². The molecule has 3 N–H and O–H groups in total. The van der Waals surface area contributed by atoms with Crippen molar-refractivity contribution in [1.29, 1.82) is 5.26 Å². The number of nitrogens with zero attached hydrogens (tertiary/aromatic N) is 2. The van der Waals surface area contributed by atoms with Crippen molar-refractivity contribution in [3.05, 3.63) is 47.2 Å². The van der Waals surface area contributed by atoms with Crippen molar-refractivity contribution >= 4 is 5.84 Å². The molecule has 2 rings (SSSR count). The third-order valence-electron chi connectivity index (χ3n) is 2.27. The molecule has 0 amide bonds. The number of aliphatic hydroxyl groups is 1. The van der Waals surface area contributed by atoms with Gasteiger partial charge in [-0.2, -0.15) is 5.26 Å². The summed E-state index contributed by atoms with van der Waals surface area (Å²) in [6.45, 7) is 0. The summed E-state index contributed by atoms with van der Waals surface area (Å²) in [6, 6.07) is 10.5. The van der Waals surface area contributed by atoms with Crippen molar-refractivity contribution in [3.8, 4) is 6.07 Å². The standard InChI is InChI=1S/C11H9N3O/c12-6-8-10(15)9(14-11(8)13)7-4-2-1-3-5-7/h1-5,9,15H,(H2,13,14)/t9-/m0/s1. The Morgan fingerprint density at radius 2 is 2.00 bits per heavy atom. The van der Waals surface area contributed by atoms with E-state index < -0.39 is 6.04 Å². The van der Waals surface area contributed by atoms with Gasteiger partial charge in [0.15, 0.2) is 0 Å². The van der Waals surface area contributed by atoms with Gasteiger partial charge in [0.2, 0.25) is 0 Å². The second-order valence-electron chi connectivity index (χ2n) is 3.20. The number of nitrogens with two attached hydrogens (primary N) is 1. The predicted molar refractivity (Wildman–Crippen MR) is 56.1 cm³/mol. The minimum Gasteiger partial charge on any atom is -0.508 e. The Labute approximate surface area is 87.0 Å². The van der Waals surface area contributed by atoms with E-state index in [9.17, 15) is 5.11 Å². The fourth-order valence-electron chi connectivity index (χ4n) is 1.51. The Morgan fingerprint density at radius 3 is 2.53 bits per heavy atom. The van der Waals surface area contributed by atoms with Crippen molar-refractivity contribution in [2.24, 2.45) is 10.7 Å². The van der Waals surface area contributed by atoms with Crippen molar-refractivity contribution in [2.45, 2.75) is 6.04 Å². The van der Waals surface area contributed by atoms with E-state index in [2.05, 4.69) is 4.99 Å². The first-order chi connectivity index (χ1) is 7.24. The maximum Gasteiger partial charge on any atom is 0.143 e. The van der Waals surface area contributed by atoms with Crippen LogP contribution < -0.4 is 5.73 Å². The lowest BCUT2D eigenvalue weighted by atomic mass is 10.1. The van der Waals surface area contributed by atoms with Crippen LogP contribution in [0.15, 0.2) is 46.7 Å². The smallest absolute Gasteiger partial charge is 0.143 e. The van der Waals surface area contributed by atoms with Crippen LogP contribution in [-0.4, -0.2) is 10.9 Å². The van der Waals surface area contributed by atoms with Gasteiger partial charge < -0.3 is 10.8 Å². The second-order valence-corrected chi connectivity index (χ2v) is 3.20. The summed E-state index contributed by atoms with van der Waals surface area (Å²) in [5, 5.41) is 18.5. The summed E-state index contributed by atoms with van der Waals surface area (Å²) in [7, 11) is 0. The molecule has 1 aliphatic heterocycles. The van der Waals surface area contributed by atoms with Crippen LogP contribution in [0, 0.1) is 11.3 Å². The third-order valence-corrected chi connectivity index (χ3v) is 2.27. The molecule has 1 atom stereocenters. The molecule has 1 aliphatic rings. The molecule has 0 bridgehead atoms. The maximum atomic E-state index is 9.74. The van der Waals surface area contributed by atoms with Crippen molar-refractivity contribution < 1.29 is 5.11 Å². The van der Waals surface area contributed by atoms with Gasteiger partial charge in [0.05, 0.1) is 0 Å². The van der Waals surface area contributed by atoms with Gasteiger partial charge in [-0.3, -0.25) is 4.99 Å². The van der Waals surface area contributed by atoms with Crippen molar-refractivity contribution in [2.75, 3.05) is 0 Å². The highest BCUT2D eigenvalue weighted by molar-refractivity contribution is 6.03. The summed E-state index contributed by atoms with van der Waals surface area (Å²) in [5.41, 5.74) is 6.41. The monoisotopic (exact) mass is 199 g/mol. The highest BCUT2D eigenvalue weighted by Gasteiger charge is 2.27. The fourth-order valence-corrected chi connectivity index (χ4v) is 1.51. The van der Waals surface area contributed by atoms with E-state index in [0.29, 0.717) is 0 Å². The first-order valence-corrected chi connectivity index (χ1v) is 4.46.